The van der Waals surface area contributed by atoms with Crippen molar-refractivity contribution in [3.05, 3.63) is 40.8 Å². The van der Waals surface area contributed by atoms with Gasteiger partial charge in [0.25, 0.3) is 0 Å². The highest BCUT2D eigenvalue weighted by atomic mass is 35.5. The van der Waals surface area contributed by atoms with Crippen molar-refractivity contribution in [3.8, 4) is 17.8 Å². The minimum Gasteiger partial charge on any atom is -0.479 e. The van der Waals surface area contributed by atoms with E-state index in [0.717, 1.165) is 4.68 Å². The summed E-state index contributed by atoms with van der Waals surface area (Å²) in [6, 6.07) is 6.32. The summed E-state index contributed by atoms with van der Waals surface area (Å²) in [4.78, 5) is 7.05. The van der Waals surface area contributed by atoms with Gasteiger partial charge in [0.15, 0.2) is 5.82 Å². The van der Waals surface area contributed by atoms with Crippen LogP contribution in [0.4, 0.5) is 13.2 Å². The summed E-state index contributed by atoms with van der Waals surface area (Å²) in [6.45, 7) is 0. The normalized spacial score (nSPS) is 11.5. The second-order valence-electron chi connectivity index (χ2n) is 4.64. The SMILES string of the molecule is COc1nn(-c2nc(Cl)ncc2C(F)(F)F)c2ccc(C#N)cc12. The first kappa shape index (κ1) is 16.0. The standard InChI is InChI=1S/C14H7ClF3N5O/c1-24-12-8-4-7(5-19)2-3-10(8)23(22-12)11-9(14(16,17)18)6-20-13(15)21-11/h2-4,6H,1H3. The highest BCUT2D eigenvalue weighted by Crippen LogP contribution is 2.35. The Morgan fingerprint density at radius 2 is 2.08 bits per heavy atom. The molecule has 24 heavy (non-hydrogen) atoms. The van der Waals surface area contributed by atoms with Gasteiger partial charge in [-0.15, -0.1) is 5.10 Å². The first-order valence-electron chi connectivity index (χ1n) is 6.42. The van der Waals surface area contributed by atoms with Crippen LogP contribution in [0.1, 0.15) is 11.1 Å². The van der Waals surface area contributed by atoms with Gasteiger partial charge >= 0.3 is 6.18 Å². The third kappa shape index (κ3) is 2.61. The summed E-state index contributed by atoms with van der Waals surface area (Å²) in [5, 5.41) is 13.0. The number of benzene rings is 1. The van der Waals surface area contributed by atoms with Crippen LogP contribution >= 0.6 is 11.6 Å². The smallest absolute Gasteiger partial charge is 0.421 e. The van der Waals surface area contributed by atoms with Crippen molar-refractivity contribution in [1.82, 2.24) is 19.7 Å². The fraction of sp³-hybridized carbons (Fsp3) is 0.143. The zero-order valence-corrected chi connectivity index (χ0v) is 12.7. The summed E-state index contributed by atoms with van der Waals surface area (Å²) in [6.07, 6.45) is -4.10. The van der Waals surface area contributed by atoms with E-state index < -0.39 is 17.6 Å². The third-order valence-corrected chi connectivity index (χ3v) is 3.40. The molecule has 0 aliphatic rings. The van der Waals surface area contributed by atoms with E-state index >= 15 is 0 Å². The van der Waals surface area contributed by atoms with E-state index in [1.54, 1.807) is 0 Å². The molecule has 0 saturated carbocycles. The molecular weight excluding hydrogens is 347 g/mol. The molecule has 1 aromatic carbocycles. The van der Waals surface area contributed by atoms with E-state index in [0.29, 0.717) is 17.1 Å². The van der Waals surface area contributed by atoms with Crippen LogP contribution < -0.4 is 4.74 Å². The van der Waals surface area contributed by atoms with Crippen molar-refractivity contribution < 1.29 is 17.9 Å². The quantitative estimate of drug-likeness (QED) is 0.660. The summed E-state index contributed by atoms with van der Waals surface area (Å²) >= 11 is 5.65. The summed E-state index contributed by atoms with van der Waals surface area (Å²) in [5.41, 5.74) is -0.494. The first-order valence-corrected chi connectivity index (χ1v) is 6.80. The van der Waals surface area contributed by atoms with Crippen LogP contribution in [-0.4, -0.2) is 26.9 Å². The maximum atomic E-state index is 13.2. The zero-order chi connectivity index (χ0) is 17.5. The number of rotatable bonds is 2. The Morgan fingerprint density at radius 1 is 1.33 bits per heavy atom. The Labute approximate surface area is 138 Å². The van der Waals surface area contributed by atoms with Gasteiger partial charge in [-0.1, -0.05) is 0 Å². The fourth-order valence-corrected chi connectivity index (χ4v) is 2.31. The highest BCUT2D eigenvalue weighted by Gasteiger charge is 2.36. The Balaban J connectivity index is 2.36. The number of methoxy groups -OCH3 is 1. The molecule has 0 radical (unpaired) electrons. The average Bonchev–Trinajstić information content (AvgIpc) is 2.91. The molecule has 0 amide bonds. The lowest BCUT2D eigenvalue weighted by Crippen LogP contribution is -2.14. The van der Waals surface area contributed by atoms with Crippen LogP contribution in [0.15, 0.2) is 24.4 Å². The van der Waals surface area contributed by atoms with Crippen molar-refractivity contribution in [2.75, 3.05) is 7.11 Å². The molecule has 2 heterocycles. The van der Waals surface area contributed by atoms with Gasteiger partial charge < -0.3 is 4.74 Å². The number of fused-ring (bicyclic) bond motifs is 1. The Morgan fingerprint density at radius 3 is 2.71 bits per heavy atom. The molecule has 0 unspecified atom stereocenters. The van der Waals surface area contributed by atoms with E-state index in [2.05, 4.69) is 15.1 Å². The number of halogens is 4. The minimum atomic E-state index is -4.70. The van der Waals surface area contributed by atoms with Crippen molar-refractivity contribution in [1.29, 1.82) is 5.26 Å². The second-order valence-corrected chi connectivity index (χ2v) is 4.98. The lowest BCUT2D eigenvalue weighted by atomic mass is 10.2. The summed E-state index contributed by atoms with van der Waals surface area (Å²) < 4.78 is 45.8. The fourth-order valence-electron chi connectivity index (χ4n) is 2.19. The predicted octanol–water partition coefficient (Wildman–Crippen LogP) is 3.37. The molecule has 0 spiro atoms. The molecule has 6 nitrogen and oxygen atoms in total. The maximum absolute atomic E-state index is 13.2. The molecule has 0 N–H and O–H groups in total. The number of nitriles is 1. The predicted molar refractivity (Wildman–Crippen MR) is 77.9 cm³/mol. The molecular formula is C14H7ClF3N5O. The molecule has 0 aliphatic heterocycles. The summed E-state index contributed by atoms with van der Waals surface area (Å²) in [5.74, 6) is -0.467. The van der Waals surface area contributed by atoms with Crippen molar-refractivity contribution in [2.24, 2.45) is 0 Å². The van der Waals surface area contributed by atoms with Gasteiger partial charge in [-0.2, -0.15) is 23.4 Å². The van der Waals surface area contributed by atoms with Crippen LogP contribution in [-0.2, 0) is 6.18 Å². The van der Waals surface area contributed by atoms with E-state index in [9.17, 15) is 13.2 Å². The zero-order valence-electron chi connectivity index (χ0n) is 12.0. The highest BCUT2D eigenvalue weighted by molar-refractivity contribution is 6.28. The topological polar surface area (TPSA) is 76.6 Å². The molecule has 2 aromatic heterocycles. The number of alkyl halides is 3. The molecule has 0 aliphatic carbocycles. The van der Waals surface area contributed by atoms with E-state index in [1.807, 2.05) is 6.07 Å². The molecule has 122 valence electrons. The molecule has 0 saturated heterocycles. The van der Waals surface area contributed by atoms with Gasteiger partial charge in [-0.05, 0) is 29.8 Å². The van der Waals surface area contributed by atoms with Crippen LogP contribution in [0.25, 0.3) is 16.7 Å². The minimum absolute atomic E-state index is 0.0601. The lowest BCUT2D eigenvalue weighted by Gasteiger charge is -2.11. The van der Waals surface area contributed by atoms with Crippen LogP contribution in [0.2, 0.25) is 5.28 Å². The van der Waals surface area contributed by atoms with Gasteiger partial charge in [0.05, 0.1) is 29.6 Å². The van der Waals surface area contributed by atoms with Crippen molar-refractivity contribution in [3.63, 3.8) is 0 Å². The largest absolute Gasteiger partial charge is 0.479 e. The molecule has 3 aromatic rings. The number of hydrogen-bond donors (Lipinski definition) is 0. The Kier molecular flexibility index (Phi) is 3.77. The Bertz CT molecular complexity index is 977. The number of ether oxygens (including phenoxy) is 1. The van der Waals surface area contributed by atoms with E-state index in [1.165, 1.54) is 25.3 Å². The van der Waals surface area contributed by atoms with Crippen LogP contribution in [0.3, 0.4) is 0 Å². The van der Waals surface area contributed by atoms with Gasteiger partial charge in [0.1, 0.15) is 5.56 Å². The number of aromatic nitrogens is 4. The molecule has 0 bridgehead atoms. The van der Waals surface area contributed by atoms with Crippen molar-refractivity contribution >= 4 is 22.5 Å². The summed E-state index contributed by atoms with van der Waals surface area (Å²) in [7, 11) is 1.32. The first-order chi connectivity index (χ1) is 11.3. The molecule has 0 fully saturated rings. The van der Waals surface area contributed by atoms with Gasteiger partial charge in [0.2, 0.25) is 11.2 Å². The van der Waals surface area contributed by atoms with Crippen LogP contribution in [0.5, 0.6) is 5.88 Å². The monoisotopic (exact) mass is 353 g/mol. The molecule has 10 heteroatoms. The van der Waals surface area contributed by atoms with E-state index in [-0.39, 0.29) is 16.7 Å². The Hall–Kier alpha value is -2.86. The lowest BCUT2D eigenvalue weighted by molar-refractivity contribution is -0.138. The van der Waals surface area contributed by atoms with E-state index in [4.69, 9.17) is 21.6 Å². The van der Waals surface area contributed by atoms with Gasteiger partial charge in [-0.3, -0.25) is 0 Å². The van der Waals surface area contributed by atoms with Crippen LogP contribution in [0, 0.1) is 11.3 Å². The van der Waals surface area contributed by atoms with Crippen molar-refractivity contribution in [2.45, 2.75) is 6.18 Å². The number of nitrogens with zero attached hydrogens (tertiary/aromatic N) is 5. The molecule has 3 rings (SSSR count). The number of hydrogen-bond acceptors (Lipinski definition) is 5. The molecule has 0 atom stereocenters. The maximum Gasteiger partial charge on any atom is 0.421 e. The van der Waals surface area contributed by atoms with Gasteiger partial charge in [-0.25, -0.2) is 9.67 Å². The third-order valence-electron chi connectivity index (χ3n) is 3.21. The van der Waals surface area contributed by atoms with Gasteiger partial charge in [0, 0.05) is 6.20 Å². The second kappa shape index (κ2) is 5.65. The average molecular weight is 354 g/mol.